The highest BCUT2D eigenvalue weighted by molar-refractivity contribution is 5.93. The van der Waals surface area contributed by atoms with E-state index in [0.717, 1.165) is 38.4 Å². The number of amides is 3. The Hall–Kier alpha value is -2.13. The molecule has 3 amide bonds. The second-order valence-corrected chi connectivity index (χ2v) is 7.19. The molecule has 9 heteroatoms. The number of hydrogen-bond donors (Lipinski definition) is 0. The van der Waals surface area contributed by atoms with Crippen LogP contribution in [0.15, 0.2) is 12.4 Å². The van der Waals surface area contributed by atoms with Crippen molar-refractivity contribution in [3.8, 4) is 0 Å². The van der Waals surface area contributed by atoms with Gasteiger partial charge in [0.15, 0.2) is 0 Å². The van der Waals surface area contributed by atoms with Crippen LogP contribution in [0.4, 0.5) is 10.5 Å². The van der Waals surface area contributed by atoms with Crippen LogP contribution < -0.4 is 4.90 Å². The van der Waals surface area contributed by atoms with Crippen molar-refractivity contribution in [3.63, 3.8) is 0 Å². The van der Waals surface area contributed by atoms with Gasteiger partial charge in [-0.2, -0.15) is 5.10 Å². The van der Waals surface area contributed by atoms with E-state index in [-0.39, 0.29) is 11.9 Å². The van der Waals surface area contributed by atoms with Crippen LogP contribution in [0.3, 0.4) is 0 Å². The normalized spacial score (nSPS) is 22.9. The van der Waals surface area contributed by atoms with E-state index in [1.54, 1.807) is 16.0 Å². The number of aromatic nitrogens is 2. The van der Waals surface area contributed by atoms with Crippen molar-refractivity contribution < 1.29 is 14.3 Å². The number of nitrogens with zero attached hydrogens (tertiary/aromatic N) is 6. The molecule has 1 aromatic heterocycles. The second kappa shape index (κ2) is 7.24. The van der Waals surface area contributed by atoms with Crippen LogP contribution >= 0.6 is 0 Å². The topological polar surface area (TPSA) is 74.2 Å². The smallest absolute Gasteiger partial charge is 0.324 e. The van der Waals surface area contributed by atoms with Gasteiger partial charge in [-0.25, -0.2) is 4.79 Å². The van der Waals surface area contributed by atoms with Crippen LogP contribution in [-0.4, -0.2) is 102 Å². The van der Waals surface area contributed by atoms with Crippen molar-refractivity contribution in [2.75, 3.05) is 71.0 Å². The van der Waals surface area contributed by atoms with Gasteiger partial charge in [0.25, 0.3) is 0 Å². The first kappa shape index (κ1) is 17.3. The van der Waals surface area contributed by atoms with E-state index in [1.165, 1.54) is 0 Å². The minimum atomic E-state index is 0.0332. The van der Waals surface area contributed by atoms with Crippen molar-refractivity contribution in [2.24, 2.45) is 0 Å². The molecule has 0 radical (unpaired) electrons. The Bertz CT molecular complexity index is 671. The first-order valence-corrected chi connectivity index (χ1v) is 9.26. The molecule has 0 aromatic carbocycles. The number of urea groups is 1. The Morgan fingerprint density at radius 3 is 2.77 bits per heavy atom. The number of ether oxygens (including phenoxy) is 1. The third-order valence-electron chi connectivity index (χ3n) is 5.43. The van der Waals surface area contributed by atoms with Gasteiger partial charge in [-0.15, -0.1) is 0 Å². The summed E-state index contributed by atoms with van der Waals surface area (Å²) in [6.45, 7) is 6.82. The van der Waals surface area contributed by atoms with Gasteiger partial charge in [0.05, 0.1) is 37.6 Å². The average molecular weight is 362 g/mol. The molecule has 3 aliphatic rings. The molecular weight excluding hydrogens is 336 g/mol. The molecule has 1 aromatic rings. The van der Waals surface area contributed by atoms with Crippen LogP contribution in [0.5, 0.6) is 0 Å². The number of carbonyl (C=O) groups excluding carboxylic acids is 2. The predicted octanol–water partition coefficient (Wildman–Crippen LogP) is -0.139. The fourth-order valence-corrected chi connectivity index (χ4v) is 3.66. The van der Waals surface area contributed by atoms with Crippen molar-refractivity contribution in [2.45, 2.75) is 12.5 Å². The molecule has 0 atom stereocenters. The number of rotatable bonds is 5. The van der Waals surface area contributed by atoms with Crippen molar-refractivity contribution in [1.82, 2.24) is 24.5 Å². The molecule has 0 saturated carbocycles. The highest BCUT2D eigenvalue weighted by atomic mass is 16.5. The van der Waals surface area contributed by atoms with Gasteiger partial charge in [-0.05, 0) is 0 Å². The maximum Gasteiger partial charge on any atom is 0.324 e. The molecule has 142 valence electrons. The van der Waals surface area contributed by atoms with E-state index in [2.05, 4.69) is 10.00 Å². The summed E-state index contributed by atoms with van der Waals surface area (Å²) in [5.41, 5.74) is 0.868. The summed E-state index contributed by atoms with van der Waals surface area (Å²) in [4.78, 5) is 31.8. The molecule has 0 bridgehead atoms. The van der Waals surface area contributed by atoms with E-state index in [4.69, 9.17) is 4.74 Å². The molecule has 9 nitrogen and oxygen atoms in total. The largest absolute Gasteiger partial charge is 0.379 e. The van der Waals surface area contributed by atoms with Crippen molar-refractivity contribution in [1.29, 1.82) is 0 Å². The zero-order valence-corrected chi connectivity index (χ0v) is 15.2. The monoisotopic (exact) mass is 362 g/mol. The van der Waals surface area contributed by atoms with Crippen LogP contribution in [0.1, 0.15) is 12.5 Å². The molecule has 3 saturated heterocycles. The second-order valence-electron chi connectivity index (χ2n) is 7.19. The molecule has 26 heavy (non-hydrogen) atoms. The third-order valence-corrected chi connectivity index (χ3v) is 5.43. The number of hydrogen-bond acceptors (Lipinski definition) is 5. The predicted molar refractivity (Wildman–Crippen MR) is 95.1 cm³/mol. The summed E-state index contributed by atoms with van der Waals surface area (Å²) >= 11 is 0. The van der Waals surface area contributed by atoms with Crippen LogP contribution in [0.2, 0.25) is 0 Å². The van der Waals surface area contributed by atoms with E-state index in [0.29, 0.717) is 38.8 Å². The quantitative estimate of drug-likeness (QED) is 0.729. The lowest BCUT2D eigenvalue weighted by Gasteiger charge is -2.40. The zero-order valence-electron chi connectivity index (χ0n) is 15.2. The molecule has 0 aliphatic carbocycles. The fraction of sp³-hybridized carbons (Fsp3) is 0.706. The molecule has 0 unspecified atom stereocenters. The van der Waals surface area contributed by atoms with Crippen molar-refractivity contribution in [3.05, 3.63) is 12.4 Å². The lowest BCUT2D eigenvalue weighted by molar-refractivity contribution is -0.130. The number of anilines is 1. The average Bonchev–Trinajstić information content (AvgIpc) is 3.12. The van der Waals surface area contributed by atoms with Crippen LogP contribution in [-0.2, 0) is 9.53 Å². The highest BCUT2D eigenvalue weighted by Gasteiger charge is 2.32. The van der Waals surface area contributed by atoms with E-state index < -0.39 is 0 Å². The Morgan fingerprint density at radius 1 is 1.15 bits per heavy atom. The maximum atomic E-state index is 12.1. The summed E-state index contributed by atoms with van der Waals surface area (Å²) in [6.07, 6.45) is 4.23. The maximum absolute atomic E-state index is 12.1. The fourth-order valence-electron chi connectivity index (χ4n) is 3.66. The number of likely N-dealkylation sites (tertiary alicyclic amines) is 1. The lowest BCUT2D eigenvalue weighted by Crippen LogP contribution is -2.51. The molecule has 4 rings (SSSR count). The standard InChI is InChI=1S/C17H26N6O3/c1-19-3-6-22(17(19)25)14-10-18-23(13-14)15-11-20(12-15)4-5-21-7-9-26-8-2-16(21)24/h10,13,15H,2-9,11-12H2,1H3. The molecule has 4 heterocycles. The Labute approximate surface area is 153 Å². The Balaban J connectivity index is 1.25. The minimum Gasteiger partial charge on any atom is -0.379 e. The van der Waals surface area contributed by atoms with Gasteiger partial charge < -0.3 is 14.5 Å². The molecule has 0 spiro atoms. The highest BCUT2D eigenvalue weighted by Crippen LogP contribution is 2.24. The first-order valence-electron chi connectivity index (χ1n) is 9.26. The number of likely N-dealkylation sites (N-methyl/N-ethyl adjacent to an activating group) is 1. The summed E-state index contributed by atoms with van der Waals surface area (Å²) in [5, 5.41) is 4.45. The Morgan fingerprint density at radius 2 is 2.00 bits per heavy atom. The summed E-state index contributed by atoms with van der Waals surface area (Å²) in [6, 6.07) is 0.369. The van der Waals surface area contributed by atoms with Gasteiger partial charge in [0.1, 0.15) is 0 Å². The van der Waals surface area contributed by atoms with Crippen LogP contribution in [0, 0.1) is 0 Å². The molecule has 3 fully saturated rings. The van der Waals surface area contributed by atoms with Gasteiger partial charge in [-0.1, -0.05) is 0 Å². The number of carbonyl (C=O) groups is 2. The van der Waals surface area contributed by atoms with Gasteiger partial charge in [0.2, 0.25) is 5.91 Å². The lowest BCUT2D eigenvalue weighted by atomic mass is 10.1. The van der Waals surface area contributed by atoms with E-state index in [9.17, 15) is 9.59 Å². The van der Waals surface area contributed by atoms with Gasteiger partial charge in [-0.3, -0.25) is 19.3 Å². The van der Waals surface area contributed by atoms with Gasteiger partial charge >= 0.3 is 6.03 Å². The zero-order chi connectivity index (χ0) is 18.1. The molecular formula is C17H26N6O3. The van der Waals surface area contributed by atoms with E-state index >= 15 is 0 Å². The minimum absolute atomic E-state index is 0.0332. The SMILES string of the molecule is CN1CCN(c2cnn(C3CN(CCN4CCOCCC4=O)C3)c2)C1=O. The summed E-state index contributed by atoms with van der Waals surface area (Å²) in [5.74, 6) is 0.191. The summed E-state index contributed by atoms with van der Waals surface area (Å²) in [7, 11) is 1.82. The van der Waals surface area contributed by atoms with E-state index in [1.807, 2.05) is 22.8 Å². The van der Waals surface area contributed by atoms with Crippen LogP contribution in [0.25, 0.3) is 0 Å². The van der Waals surface area contributed by atoms with Gasteiger partial charge in [0, 0.05) is 59.1 Å². The third kappa shape index (κ3) is 3.41. The molecule has 3 aliphatic heterocycles. The first-order chi connectivity index (χ1) is 12.6. The summed E-state index contributed by atoms with van der Waals surface area (Å²) < 4.78 is 7.32. The van der Waals surface area contributed by atoms with Crippen molar-refractivity contribution >= 4 is 17.6 Å². The molecule has 0 N–H and O–H groups in total. The Kier molecular flexibility index (Phi) is 4.82.